The van der Waals surface area contributed by atoms with Crippen LogP contribution in [0.25, 0.3) is 0 Å². The third kappa shape index (κ3) is 3.26. The minimum Gasteiger partial charge on any atom is -0.391 e. The van der Waals surface area contributed by atoms with Crippen molar-refractivity contribution in [3.05, 3.63) is 42.3 Å². The van der Waals surface area contributed by atoms with Gasteiger partial charge in [0.25, 0.3) is 10.0 Å². The van der Waals surface area contributed by atoms with E-state index < -0.39 is 10.0 Å². The quantitative estimate of drug-likeness (QED) is 0.768. The van der Waals surface area contributed by atoms with Crippen LogP contribution in [0.1, 0.15) is 4.88 Å². The van der Waals surface area contributed by atoms with Crippen molar-refractivity contribution >= 4 is 21.4 Å². The lowest BCUT2D eigenvalue weighted by Gasteiger charge is -2.17. The van der Waals surface area contributed by atoms with E-state index in [1.165, 1.54) is 22.5 Å². The molecule has 94 valence electrons. The predicted molar refractivity (Wildman–Crippen MR) is 69.4 cm³/mol. The summed E-state index contributed by atoms with van der Waals surface area (Å²) in [6, 6.07) is 3.11. The number of aliphatic hydroxyl groups excluding tert-OH is 1. The molecule has 1 aromatic rings. The van der Waals surface area contributed by atoms with Crippen molar-refractivity contribution in [3.8, 4) is 0 Å². The van der Waals surface area contributed by atoms with Crippen LogP contribution in [0.4, 0.5) is 0 Å². The Hall–Kier alpha value is -0.950. The maximum absolute atomic E-state index is 12.2. The van der Waals surface area contributed by atoms with Crippen LogP contribution in [0.15, 0.2) is 41.7 Å². The van der Waals surface area contributed by atoms with Gasteiger partial charge in [0.2, 0.25) is 0 Å². The van der Waals surface area contributed by atoms with Gasteiger partial charge in [-0.25, -0.2) is 8.42 Å². The van der Waals surface area contributed by atoms with Gasteiger partial charge < -0.3 is 5.11 Å². The first kappa shape index (κ1) is 14.1. The molecule has 0 spiro atoms. The van der Waals surface area contributed by atoms with E-state index >= 15 is 0 Å². The van der Waals surface area contributed by atoms with Crippen molar-refractivity contribution in [2.75, 3.05) is 13.1 Å². The molecule has 1 N–H and O–H groups in total. The first-order valence-corrected chi connectivity index (χ1v) is 7.23. The predicted octanol–water partition coefficient (Wildman–Crippen LogP) is 1.60. The highest BCUT2D eigenvalue weighted by Gasteiger charge is 2.24. The number of nitrogens with zero attached hydrogens (tertiary/aromatic N) is 1. The number of sulfonamides is 1. The lowest BCUT2D eigenvalue weighted by atomic mass is 10.5. The summed E-state index contributed by atoms with van der Waals surface area (Å²) in [6.45, 7) is 7.39. The van der Waals surface area contributed by atoms with Crippen molar-refractivity contribution in [2.24, 2.45) is 0 Å². The van der Waals surface area contributed by atoms with E-state index in [1.54, 1.807) is 6.07 Å². The molecular formula is C11H15NO3S2. The third-order valence-corrected chi connectivity index (χ3v) is 5.42. The molecule has 0 aliphatic heterocycles. The first-order valence-electron chi connectivity index (χ1n) is 4.97. The van der Waals surface area contributed by atoms with Crippen molar-refractivity contribution in [1.82, 2.24) is 4.31 Å². The van der Waals surface area contributed by atoms with Crippen molar-refractivity contribution in [3.63, 3.8) is 0 Å². The Kier molecular flexibility index (Phi) is 5.07. The van der Waals surface area contributed by atoms with Crippen molar-refractivity contribution in [1.29, 1.82) is 0 Å². The lowest BCUT2D eigenvalue weighted by Crippen LogP contribution is -2.30. The van der Waals surface area contributed by atoms with Crippen LogP contribution in [0.3, 0.4) is 0 Å². The van der Waals surface area contributed by atoms with Gasteiger partial charge in [-0.05, 0) is 12.1 Å². The molecule has 0 saturated heterocycles. The summed E-state index contributed by atoms with van der Waals surface area (Å²) >= 11 is 1.07. The lowest BCUT2D eigenvalue weighted by molar-refractivity contribution is 0.285. The average Bonchev–Trinajstić information content (AvgIpc) is 2.78. The summed E-state index contributed by atoms with van der Waals surface area (Å²) in [6.07, 6.45) is 3.06. The van der Waals surface area contributed by atoms with Crippen LogP contribution in [0.5, 0.6) is 0 Å². The normalized spacial score (nSPS) is 11.6. The van der Waals surface area contributed by atoms with Crippen LogP contribution in [-0.2, 0) is 16.6 Å². The molecular weight excluding hydrogens is 258 g/mol. The van der Waals surface area contributed by atoms with Gasteiger partial charge in [-0.15, -0.1) is 24.5 Å². The largest absolute Gasteiger partial charge is 0.391 e. The molecule has 6 heteroatoms. The summed E-state index contributed by atoms with van der Waals surface area (Å²) in [5, 5.41) is 8.93. The highest BCUT2D eigenvalue weighted by atomic mass is 32.2. The minimum atomic E-state index is -3.52. The smallest absolute Gasteiger partial charge is 0.253 e. The molecule has 0 radical (unpaired) electrons. The van der Waals surface area contributed by atoms with Gasteiger partial charge in [0.1, 0.15) is 4.21 Å². The van der Waals surface area contributed by atoms with Gasteiger partial charge in [-0.3, -0.25) is 0 Å². The Bertz CT molecular complexity index is 481. The number of rotatable bonds is 7. The molecule has 17 heavy (non-hydrogen) atoms. The van der Waals surface area contributed by atoms with Crippen LogP contribution in [-0.4, -0.2) is 30.9 Å². The summed E-state index contributed by atoms with van der Waals surface area (Å²) in [5.41, 5.74) is 0. The van der Waals surface area contributed by atoms with Crippen molar-refractivity contribution in [2.45, 2.75) is 10.8 Å². The number of hydrogen-bond acceptors (Lipinski definition) is 4. The standard InChI is InChI=1S/C11H15NO3S2/c1-3-7-12(8-4-2)17(14,15)11-6-5-10(9-13)16-11/h3-6,13H,1-2,7-9H2. The maximum atomic E-state index is 12.2. The molecule has 1 aromatic heterocycles. The zero-order valence-corrected chi connectivity index (χ0v) is 11.0. The van der Waals surface area contributed by atoms with E-state index in [9.17, 15) is 8.42 Å². The molecule has 0 bridgehead atoms. The molecule has 1 rings (SSSR count). The van der Waals surface area contributed by atoms with Crippen LogP contribution in [0.2, 0.25) is 0 Å². The Morgan fingerprint density at radius 2 is 1.88 bits per heavy atom. The third-order valence-electron chi connectivity index (χ3n) is 2.05. The molecule has 0 saturated carbocycles. The molecule has 0 aliphatic rings. The molecule has 0 aliphatic carbocycles. The molecule has 0 aromatic carbocycles. The van der Waals surface area contributed by atoms with Crippen LogP contribution in [0, 0.1) is 0 Å². The SMILES string of the molecule is C=CCN(CC=C)S(=O)(=O)c1ccc(CO)s1. The number of hydrogen-bond donors (Lipinski definition) is 1. The number of aliphatic hydroxyl groups is 1. The summed E-state index contributed by atoms with van der Waals surface area (Å²) in [7, 11) is -3.52. The average molecular weight is 273 g/mol. The van der Waals surface area contributed by atoms with E-state index in [-0.39, 0.29) is 23.9 Å². The van der Waals surface area contributed by atoms with Gasteiger partial charge >= 0.3 is 0 Å². The zero-order valence-electron chi connectivity index (χ0n) is 9.37. The van der Waals surface area contributed by atoms with Gasteiger partial charge in [0.05, 0.1) is 6.61 Å². The molecule has 4 nitrogen and oxygen atoms in total. The fourth-order valence-corrected chi connectivity index (χ4v) is 4.02. The summed E-state index contributed by atoms with van der Waals surface area (Å²) in [4.78, 5) is 0.626. The Labute approximate surface area is 106 Å². The second kappa shape index (κ2) is 6.11. The Morgan fingerprint density at radius 3 is 2.29 bits per heavy atom. The van der Waals surface area contributed by atoms with E-state index in [0.717, 1.165) is 11.3 Å². The van der Waals surface area contributed by atoms with Gasteiger partial charge in [-0.2, -0.15) is 4.31 Å². The summed E-state index contributed by atoms with van der Waals surface area (Å²) in [5.74, 6) is 0. The van der Waals surface area contributed by atoms with Crippen LogP contribution >= 0.6 is 11.3 Å². The Balaban J connectivity index is 3.05. The highest BCUT2D eigenvalue weighted by Crippen LogP contribution is 2.24. The molecule has 0 atom stereocenters. The first-order chi connectivity index (χ1) is 8.06. The molecule has 0 unspecified atom stereocenters. The molecule has 0 fully saturated rings. The zero-order chi connectivity index (χ0) is 12.9. The van der Waals surface area contributed by atoms with Crippen molar-refractivity contribution < 1.29 is 13.5 Å². The fraction of sp³-hybridized carbons (Fsp3) is 0.273. The van der Waals surface area contributed by atoms with E-state index in [4.69, 9.17) is 5.11 Å². The Morgan fingerprint density at radius 1 is 1.29 bits per heavy atom. The van der Waals surface area contributed by atoms with Crippen LogP contribution < -0.4 is 0 Å². The highest BCUT2D eigenvalue weighted by molar-refractivity contribution is 7.91. The van der Waals surface area contributed by atoms with E-state index in [2.05, 4.69) is 13.2 Å². The van der Waals surface area contributed by atoms with E-state index in [0.29, 0.717) is 4.88 Å². The molecule has 0 amide bonds. The minimum absolute atomic E-state index is 0.150. The second-order valence-electron chi connectivity index (χ2n) is 3.28. The number of thiophene rings is 1. The second-order valence-corrected chi connectivity index (χ2v) is 6.61. The topological polar surface area (TPSA) is 57.6 Å². The monoisotopic (exact) mass is 273 g/mol. The van der Waals surface area contributed by atoms with Gasteiger partial charge in [0, 0.05) is 18.0 Å². The van der Waals surface area contributed by atoms with E-state index in [1.807, 2.05) is 0 Å². The summed E-state index contributed by atoms with van der Waals surface area (Å²) < 4.78 is 25.9. The fourth-order valence-electron chi connectivity index (χ4n) is 1.27. The molecule has 1 heterocycles. The van der Waals surface area contributed by atoms with Gasteiger partial charge in [0.15, 0.2) is 0 Å². The maximum Gasteiger partial charge on any atom is 0.253 e. The van der Waals surface area contributed by atoms with Gasteiger partial charge in [-0.1, -0.05) is 12.2 Å².